The minimum atomic E-state index is -0.193. The second-order valence-electron chi connectivity index (χ2n) is 6.24. The van der Waals surface area contributed by atoms with Crippen LogP contribution in [0.5, 0.6) is 0 Å². The van der Waals surface area contributed by atoms with Crippen molar-refractivity contribution in [3.63, 3.8) is 0 Å². The van der Waals surface area contributed by atoms with Crippen molar-refractivity contribution in [1.29, 1.82) is 0 Å². The Morgan fingerprint density at radius 1 is 1.15 bits per heavy atom. The molecule has 0 bridgehead atoms. The highest BCUT2D eigenvalue weighted by Gasteiger charge is 2.17. The summed E-state index contributed by atoms with van der Waals surface area (Å²) in [5, 5.41) is 6.11. The first-order chi connectivity index (χ1) is 13.1. The Labute approximate surface area is 160 Å². The number of pyridine rings is 1. The average Bonchev–Trinajstić information content (AvgIpc) is 3.37. The maximum atomic E-state index is 13.1. The van der Waals surface area contributed by atoms with E-state index in [9.17, 15) is 9.59 Å². The van der Waals surface area contributed by atoms with Crippen LogP contribution in [0.25, 0.3) is 26.3 Å². The van der Waals surface area contributed by atoms with Crippen LogP contribution in [0, 0.1) is 6.92 Å². The van der Waals surface area contributed by atoms with Gasteiger partial charge in [0.15, 0.2) is 0 Å². The van der Waals surface area contributed by atoms with E-state index in [2.05, 4.69) is 10.1 Å². The second kappa shape index (κ2) is 6.04. The molecule has 1 N–H and O–H groups in total. The van der Waals surface area contributed by atoms with Crippen LogP contribution >= 0.6 is 22.7 Å². The van der Waals surface area contributed by atoms with Gasteiger partial charge < -0.3 is 4.57 Å². The molecule has 5 rings (SSSR count). The highest BCUT2D eigenvalue weighted by atomic mass is 32.1. The molecule has 0 aliphatic carbocycles. The van der Waals surface area contributed by atoms with Gasteiger partial charge in [-0.25, -0.2) is 4.98 Å². The van der Waals surface area contributed by atoms with Crippen molar-refractivity contribution < 1.29 is 0 Å². The molecule has 0 aliphatic heterocycles. The third kappa shape index (κ3) is 2.56. The molecular weight excluding hydrogens is 380 g/mol. The van der Waals surface area contributed by atoms with E-state index in [4.69, 9.17) is 0 Å². The molecule has 27 heavy (non-hydrogen) atoms. The van der Waals surface area contributed by atoms with Crippen LogP contribution in [-0.2, 0) is 6.54 Å². The molecule has 0 atom stereocenters. The lowest BCUT2D eigenvalue weighted by atomic mass is 10.2. The third-order valence-electron chi connectivity index (χ3n) is 4.59. The summed E-state index contributed by atoms with van der Waals surface area (Å²) >= 11 is 3.03. The van der Waals surface area contributed by atoms with Crippen molar-refractivity contribution >= 4 is 43.8 Å². The molecule has 0 aliphatic rings. The smallest absolute Gasteiger partial charge is 0.282 e. The van der Waals surface area contributed by atoms with Gasteiger partial charge >= 0.3 is 0 Å². The van der Waals surface area contributed by atoms with E-state index in [0.29, 0.717) is 28.3 Å². The fourth-order valence-electron chi connectivity index (χ4n) is 3.26. The lowest BCUT2D eigenvalue weighted by Gasteiger charge is -2.08. The Bertz CT molecular complexity index is 1370. The molecular formula is C19H14N4O2S2. The number of hydrogen-bond donors (Lipinski definition) is 1. The molecule has 4 aromatic heterocycles. The van der Waals surface area contributed by atoms with Crippen molar-refractivity contribution in [2.45, 2.75) is 13.5 Å². The van der Waals surface area contributed by atoms with Crippen molar-refractivity contribution in [2.24, 2.45) is 0 Å². The molecule has 0 radical (unpaired) electrons. The van der Waals surface area contributed by atoms with Gasteiger partial charge in [-0.05, 0) is 30.5 Å². The molecule has 0 spiro atoms. The number of aromatic nitrogens is 4. The first-order valence-corrected chi connectivity index (χ1v) is 10.0. The van der Waals surface area contributed by atoms with Crippen molar-refractivity contribution in [3.05, 3.63) is 79.1 Å². The highest BCUT2D eigenvalue weighted by Crippen LogP contribution is 2.24. The number of hydrogen-bond acceptors (Lipinski definition) is 5. The molecule has 0 saturated carbocycles. The number of para-hydroxylation sites is 1. The zero-order valence-electron chi connectivity index (χ0n) is 14.3. The molecule has 0 fully saturated rings. The minimum Gasteiger partial charge on any atom is -0.307 e. The highest BCUT2D eigenvalue weighted by molar-refractivity contribution is 7.20. The van der Waals surface area contributed by atoms with E-state index in [-0.39, 0.29) is 11.1 Å². The van der Waals surface area contributed by atoms with Crippen LogP contribution in [0.15, 0.2) is 57.4 Å². The Kier molecular flexibility index (Phi) is 3.63. The fourth-order valence-corrected chi connectivity index (χ4v) is 4.87. The predicted octanol–water partition coefficient (Wildman–Crippen LogP) is 3.51. The third-order valence-corrected chi connectivity index (χ3v) is 6.47. The predicted molar refractivity (Wildman–Crippen MR) is 109 cm³/mol. The van der Waals surface area contributed by atoms with Crippen molar-refractivity contribution in [1.82, 2.24) is 19.3 Å². The van der Waals surface area contributed by atoms with Gasteiger partial charge in [-0.1, -0.05) is 29.5 Å². The van der Waals surface area contributed by atoms with E-state index in [1.165, 1.54) is 22.1 Å². The Morgan fingerprint density at radius 3 is 2.78 bits per heavy atom. The monoisotopic (exact) mass is 394 g/mol. The maximum Gasteiger partial charge on any atom is 0.282 e. The van der Waals surface area contributed by atoms with Gasteiger partial charge in [0, 0.05) is 16.6 Å². The summed E-state index contributed by atoms with van der Waals surface area (Å²) in [6, 6.07) is 13.2. The quantitative estimate of drug-likeness (QED) is 0.509. The molecule has 134 valence electrons. The van der Waals surface area contributed by atoms with Gasteiger partial charge in [0.25, 0.3) is 11.1 Å². The SMILES string of the molecule is Cc1c2c(=O)n(-c3nc4ccccc4s3)[nH]c2cc(=O)n1Cc1cccs1. The van der Waals surface area contributed by atoms with Gasteiger partial charge in [-0.2, -0.15) is 4.68 Å². The van der Waals surface area contributed by atoms with E-state index >= 15 is 0 Å². The van der Waals surface area contributed by atoms with E-state index in [1.54, 1.807) is 15.9 Å². The van der Waals surface area contributed by atoms with Gasteiger partial charge in [-0.15, -0.1) is 11.3 Å². The van der Waals surface area contributed by atoms with Crippen LogP contribution in [0.4, 0.5) is 0 Å². The van der Waals surface area contributed by atoms with Gasteiger partial charge in [-0.3, -0.25) is 14.7 Å². The van der Waals surface area contributed by atoms with Gasteiger partial charge in [0.1, 0.15) is 0 Å². The first-order valence-electron chi connectivity index (χ1n) is 8.35. The number of benzene rings is 1. The van der Waals surface area contributed by atoms with E-state index < -0.39 is 0 Å². The summed E-state index contributed by atoms with van der Waals surface area (Å²) in [4.78, 5) is 31.3. The lowest BCUT2D eigenvalue weighted by Crippen LogP contribution is -2.23. The summed E-state index contributed by atoms with van der Waals surface area (Å²) in [6.45, 7) is 2.28. The number of nitrogens with zero attached hydrogens (tertiary/aromatic N) is 3. The summed E-state index contributed by atoms with van der Waals surface area (Å²) in [7, 11) is 0. The topological polar surface area (TPSA) is 72.7 Å². The number of fused-ring (bicyclic) bond motifs is 2. The van der Waals surface area contributed by atoms with Crippen molar-refractivity contribution in [2.75, 3.05) is 0 Å². The molecule has 5 aromatic rings. The minimum absolute atomic E-state index is 0.133. The van der Waals surface area contributed by atoms with Crippen LogP contribution in [0.3, 0.4) is 0 Å². The lowest BCUT2D eigenvalue weighted by molar-refractivity contribution is 0.747. The number of thiophene rings is 1. The van der Waals surface area contributed by atoms with E-state index in [0.717, 1.165) is 15.1 Å². The first kappa shape index (κ1) is 16.2. The largest absolute Gasteiger partial charge is 0.307 e. The van der Waals surface area contributed by atoms with Crippen LogP contribution < -0.4 is 11.1 Å². The van der Waals surface area contributed by atoms with Gasteiger partial charge in [0.2, 0.25) is 5.13 Å². The van der Waals surface area contributed by atoms with Crippen LogP contribution in [-0.4, -0.2) is 19.3 Å². The summed E-state index contributed by atoms with van der Waals surface area (Å²) in [5.74, 6) is 0. The summed E-state index contributed by atoms with van der Waals surface area (Å²) < 4.78 is 4.08. The molecule has 1 aromatic carbocycles. The molecule has 6 nitrogen and oxygen atoms in total. The number of aromatic amines is 1. The second-order valence-corrected chi connectivity index (χ2v) is 8.28. The van der Waals surface area contributed by atoms with E-state index in [1.807, 2.05) is 48.7 Å². The molecule has 0 unspecified atom stereocenters. The zero-order valence-corrected chi connectivity index (χ0v) is 15.9. The molecule has 8 heteroatoms. The normalized spacial score (nSPS) is 11.6. The van der Waals surface area contributed by atoms with Crippen LogP contribution in [0.1, 0.15) is 10.6 Å². The number of nitrogens with one attached hydrogen (secondary N) is 1. The summed E-state index contributed by atoms with van der Waals surface area (Å²) in [6.07, 6.45) is 0. The van der Waals surface area contributed by atoms with Gasteiger partial charge in [0.05, 0.1) is 27.7 Å². The molecule has 4 heterocycles. The Balaban J connectivity index is 1.72. The number of rotatable bonds is 3. The maximum absolute atomic E-state index is 13.1. The van der Waals surface area contributed by atoms with Crippen LogP contribution in [0.2, 0.25) is 0 Å². The summed E-state index contributed by atoms with van der Waals surface area (Å²) in [5.41, 5.74) is 1.71. The number of thiazole rings is 1. The standard InChI is InChI=1S/C19H14N4O2S2/c1-11-17-14(9-16(24)22(11)10-12-5-4-8-26-12)21-23(18(17)25)19-20-13-6-2-3-7-15(13)27-19/h2-9,21H,10H2,1H3. The molecule has 0 saturated heterocycles. The fraction of sp³-hybridized carbons (Fsp3) is 0.105. The van der Waals surface area contributed by atoms with Crippen molar-refractivity contribution in [3.8, 4) is 5.13 Å². The Hall–Kier alpha value is -2.97. The Morgan fingerprint density at radius 2 is 2.00 bits per heavy atom. The zero-order chi connectivity index (χ0) is 18.5. The average molecular weight is 394 g/mol. The number of H-pyrrole nitrogens is 1. The number of aryl methyl sites for hydroxylation is 1. The molecule has 0 amide bonds.